The lowest BCUT2D eigenvalue weighted by molar-refractivity contribution is 0.0548. The maximum absolute atomic E-state index is 6.08. The van der Waals surface area contributed by atoms with Crippen LogP contribution < -0.4 is 5.73 Å². The van der Waals surface area contributed by atoms with Gasteiger partial charge in [0.05, 0.1) is 0 Å². The Morgan fingerprint density at radius 3 is 2.69 bits per heavy atom. The second-order valence-corrected chi connectivity index (χ2v) is 6.33. The Hall–Kier alpha value is 0.270. The van der Waals surface area contributed by atoms with Gasteiger partial charge in [-0.3, -0.25) is 4.90 Å². The topological polar surface area (TPSA) is 29.3 Å². The first-order valence-corrected chi connectivity index (χ1v) is 7.90. The van der Waals surface area contributed by atoms with Crippen LogP contribution in [0.15, 0.2) is 0 Å². The van der Waals surface area contributed by atoms with Gasteiger partial charge in [0.25, 0.3) is 0 Å². The molecule has 3 heteroatoms. The predicted molar refractivity (Wildman–Crippen MR) is 75.0 cm³/mol. The summed E-state index contributed by atoms with van der Waals surface area (Å²) in [7, 11) is 2.28. The maximum Gasteiger partial charge on any atom is 0.0356 e. The number of nitrogens with zero attached hydrogens (tertiary/aromatic N) is 1. The monoisotopic (exact) mass is 244 g/mol. The van der Waals surface area contributed by atoms with E-state index in [0.29, 0.717) is 6.04 Å². The van der Waals surface area contributed by atoms with Crippen LogP contribution in [0.3, 0.4) is 0 Å². The van der Waals surface area contributed by atoms with Crippen LogP contribution in [0, 0.1) is 5.92 Å². The van der Waals surface area contributed by atoms with Gasteiger partial charge < -0.3 is 5.73 Å². The van der Waals surface area contributed by atoms with E-state index in [2.05, 4.69) is 32.1 Å². The number of nitrogens with two attached hydrogens (primary N) is 1. The highest BCUT2D eigenvalue weighted by molar-refractivity contribution is 7.98. The van der Waals surface area contributed by atoms with Crippen molar-refractivity contribution in [2.75, 3.05) is 25.6 Å². The molecular formula is C13H28N2S. The Bertz CT molecular complexity index is 210. The van der Waals surface area contributed by atoms with E-state index in [4.69, 9.17) is 5.73 Å². The number of hydrogen-bond acceptors (Lipinski definition) is 3. The molecule has 1 fully saturated rings. The van der Waals surface area contributed by atoms with E-state index in [-0.39, 0.29) is 5.54 Å². The summed E-state index contributed by atoms with van der Waals surface area (Å²) in [4.78, 5) is 2.57. The average molecular weight is 244 g/mol. The third-order valence-electron chi connectivity index (χ3n) is 4.62. The largest absolute Gasteiger partial charge is 0.329 e. The van der Waals surface area contributed by atoms with Crippen molar-refractivity contribution in [3.05, 3.63) is 0 Å². The van der Waals surface area contributed by atoms with Crippen molar-refractivity contribution >= 4 is 11.8 Å². The summed E-state index contributed by atoms with van der Waals surface area (Å²) < 4.78 is 0. The molecule has 1 aliphatic carbocycles. The third-order valence-corrected chi connectivity index (χ3v) is 5.26. The zero-order chi connectivity index (χ0) is 12.2. The van der Waals surface area contributed by atoms with Crippen LogP contribution in [0.4, 0.5) is 0 Å². The molecule has 2 nitrogen and oxygen atoms in total. The molecular weight excluding hydrogens is 216 g/mol. The minimum Gasteiger partial charge on any atom is -0.329 e. The Kier molecular flexibility index (Phi) is 5.62. The second-order valence-electron chi connectivity index (χ2n) is 5.34. The first kappa shape index (κ1) is 14.3. The summed E-state index contributed by atoms with van der Waals surface area (Å²) >= 11 is 1.94. The Morgan fingerprint density at radius 1 is 1.56 bits per heavy atom. The average Bonchev–Trinajstić information content (AvgIpc) is 2.67. The molecule has 3 unspecified atom stereocenters. The van der Waals surface area contributed by atoms with Crippen molar-refractivity contribution in [2.45, 2.75) is 51.1 Å². The third kappa shape index (κ3) is 2.74. The van der Waals surface area contributed by atoms with Gasteiger partial charge >= 0.3 is 0 Å². The quantitative estimate of drug-likeness (QED) is 0.779. The van der Waals surface area contributed by atoms with Crippen molar-refractivity contribution in [1.29, 1.82) is 0 Å². The van der Waals surface area contributed by atoms with E-state index in [9.17, 15) is 0 Å². The lowest BCUT2D eigenvalue weighted by atomic mass is 9.85. The van der Waals surface area contributed by atoms with E-state index >= 15 is 0 Å². The molecule has 0 radical (unpaired) electrons. The van der Waals surface area contributed by atoms with Crippen molar-refractivity contribution < 1.29 is 0 Å². The van der Waals surface area contributed by atoms with Crippen molar-refractivity contribution in [3.63, 3.8) is 0 Å². The highest BCUT2D eigenvalue weighted by Crippen LogP contribution is 2.40. The van der Waals surface area contributed by atoms with Crippen molar-refractivity contribution in [3.8, 4) is 0 Å². The van der Waals surface area contributed by atoms with Crippen LogP contribution in [-0.4, -0.2) is 42.1 Å². The highest BCUT2D eigenvalue weighted by Gasteiger charge is 2.43. The second kappa shape index (κ2) is 6.27. The number of hydrogen-bond donors (Lipinski definition) is 1. The molecule has 3 atom stereocenters. The summed E-state index contributed by atoms with van der Waals surface area (Å²) in [6, 6.07) is 0.650. The fourth-order valence-corrected chi connectivity index (χ4v) is 3.70. The lowest BCUT2D eigenvalue weighted by Gasteiger charge is -2.45. The van der Waals surface area contributed by atoms with E-state index in [1.54, 1.807) is 0 Å². The zero-order valence-electron chi connectivity index (χ0n) is 11.3. The molecule has 1 saturated carbocycles. The van der Waals surface area contributed by atoms with Gasteiger partial charge in [-0.05, 0) is 51.2 Å². The van der Waals surface area contributed by atoms with E-state index in [1.807, 2.05) is 11.8 Å². The van der Waals surface area contributed by atoms with Gasteiger partial charge in [-0.2, -0.15) is 11.8 Å². The van der Waals surface area contributed by atoms with Crippen LogP contribution in [-0.2, 0) is 0 Å². The van der Waals surface area contributed by atoms with Crippen molar-refractivity contribution in [2.24, 2.45) is 11.7 Å². The van der Waals surface area contributed by atoms with E-state index in [1.165, 1.54) is 31.4 Å². The Balaban J connectivity index is 2.64. The molecule has 0 aromatic heterocycles. The smallest absolute Gasteiger partial charge is 0.0356 e. The normalized spacial score (nSPS) is 32.2. The van der Waals surface area contributed by atoms with Gasteiger partial charge in [0, 0.05) is 18.1 Å². The minimum atomic E-state index is 0.276. The molecule has 1 rings (SSSR count). The number of likely N-dealkylation sites (N-methyl/N-ethyl adjacent to an activating group) is 1. The summed E-state index contributed by atoms with van der Waals surface area (Å²) in [5.41, 5.74) is 6.36. The van der Waals surface area contributed by atoms with Crippen molar-refractivity contribution in [1.82, 2.24) is 4.90 Å². The molecule has 16 heavy (non-hydrogen) atoms. The molecule has 96 valence electrons. The number of thioether (sulfide) groups is 1. The SMILES string of the molecule is CSCCC(C)N(C)C1(CN)CCCC1C. The van der Waals surface area contributed by atoms with Gasteiger partial charge in [-0.25, -0.2) is 0 Å². The number of rotatable bonds is 6. The standard InChI is InChI=1S/C13H28N2S/c1-11-6-5-8-13(11,10-14)15(3)12(2)7-9-16-4/h11-12H,5-10,14H2,1-4H3. The molecule has 0 bridgehead atoms. The first-order valence-electron chi connectivity index (χ1n) is 6.50. The molecule has 0 aromatic carbocycles. The molecule has 0 saturated heterocycles. The Labute approximate surface area is 105 Å². The van der Waals surface area contributed by atoms with Gasteiger partial charge in [-0.15, -0.1) is 0 Å². The van der Waals surface area contributed by atoms with Crippen LogP contribution in [0.1, 0.15) is 39.5 Å². The fraction of sp³-hybridized carbons (Fsp3) is 1.00. The summed E-state index contributed by atoms with van der Waals surface area (Å²) in [5, 5.41) is 0. The molecule has 2 N–H and O–H groups in total. The van der Waals surface area contributed by atoms with Gasteiger partial charge in [0.2, 0.25) is 0 Å². The minimum absolute atomic E-state index is 0.276. The summed E-state index contributed by atoms with van der Waals surface area (Å²) in [6.07, 6.45) is 7.43. The van der Waals surface area contributed by atoms with Crippen LogP contribution in [0.25, 0.3) is 0 Å². The fourth-order valence-electron chi connectivity index (χ4n) is 3.12. The first-order chi connectivity index (χ1) is 7.58. The van der Waals surface area contributed by atoms with Crippen LogP contribution >= 0.6 is 11.8 Å². The molecule has 0 spiro atoms. The molecule has 0 heterocycles. The summed E-state index contributed by atoms with van der Waals surface area (Å²) in [5.74, 6) is 2.00. The lowest BCUT2D eigenvalue weighted by Crippen LogP contribution is -2.57. The molecule has 1 aliphatic rings. The predicted octanol–water partition coefficient (Wildman–Crippen LogP) is 2.58. The van der Waals surface area contributed by atoms with Crippen LogP contribution in [0.2, 0.25) is 0 Å². The van der Waals surface area contributed by atoms with Gasteiger partial charge in [0.1, 0.15) is 0 Å². The molecule has 0 aromatic rings. The molecule has 0 amide bonds. The van der Waals surface area contributed by atoms with E-state index < -0.39 is 0 Å². The maximum atomic E-state index is 6.08. The summed E-state index contributed by atoms with van der Waals surface area (Å²) in [6.45, 7) is 5.53. The van der Waals surface area contributed by atoms with Crippen LogP contribution in [0.5, 0.6) is 0 Å². The zero-order valence-corrected chi connectivity index (χ0v) is 12.1. The van der Waals surface area contributed by atoms with Gasteiger partial charge in [-0.1, -0.05) is 13.3 Å². The van der Waals surface area contributed by atoms with Gasteiger partial charge in [0.15, 0.2) is 0 Å². The molecule has 0 aliphatic heterocycles. The van der Waals surface area contributed by atoms with E-state index in [0.717, 1.165) is 12.5 Å². The highest BCUT2D eigenvalue weighted by atomic mass is 32.2. The Morgan fingerprint density at radius 2 is 2.25 bits per heavy atom.